The van der Waals surface area contributed by atoms with Crippen LogP contribution in [0.15, 0.2) is 54.2 Å². The minimum atomic E-state index is -0.263. The van der Waals surface area contributed by atoms with Gasteiger partial charge in [0.15, 0.2) is 12.7 Å². The molecular weight excluding hydrogens is 618 g/mol. The van der Waals surface area contributed by atoms with Crippen molar-refractivity contribution in [2.24, 2.45) is 0 Å². The lowest BCUT2D eigenvalue weighted by atomic mass is 9.86. The fourth-order valence-corrected chi connectivity index (χ4v) is 5.82. The van der Waals surface area contributed by atoms with Crippen molar-refractivity contribution in [3.63, 3.8) is 0 Å². The van der Waals surface area contributed by atoms with E-state index in [1.54, 1.807) is 11.3 Å². The van der Waals surface area contributed by atoms with E-state index < -0.39 is 0 Å². The zero-order valence-electron chi connectivity index (χ0n) is 27.1. The van der Waals surface area contributed by atoms with Gasteiger partial charge in [-0.25, -0.2) is 4.79 Å². The normalized spacial score (nSPS) is 11.2. The van der Waals surface area contributed by atoms with Gasteiger partial charge in [-0.05, 0) is 42.5 Å². The summed E-state index contributed by atoms with van der Waals surface area (Å²) in [6.45, 7) is 12.5. The van der Waals surface area contributed by atoms with Gasteiger partial charge in [-0.3, -0.25) is 0 Å². The van der Waals surface area contributed by atoms with Gasteiger partial charge in [0.2, 0.25) is 5.51 Å². The largest absolute Gasteiger partial charge is 1.00 e. The van der Waals surface area contributed by atoms with Gasteiger partial charge in [-0.1, -0.05) is 128 Å². The van der Waals surface area contributed by atoms with E-state index in [1.165, 1.54) is 81.1 Å². The smallest absolute Gasteiger partial charge is 0.323 e. The SMILES string of the molecule is CCCCCCCCCCCCCCOc1cc(NC(=O)Nc2ccc(C[n+]3csc(C)c3)cc2)ccc1C(C)(C)C.[Br-]. The summed E-state index contributed by atoms with van der Waals surface area (Å²) in [6, 6.07) is 13.7. The second kappa shape index (κ2) is 19.8. The number of rotatable bonds is 18. The maximum absolute atomic E-state index is 12.8. The van der Waals surface area contributed by atoms with Gasteiger partial charge in [0.25, 0.3) is 0 Å². The number of hydrogen-bond donors (Lipinski definition) is 2. The Morgan fingerprint density at radius 3 is 1.93 bits per heavy atom. The Labute approximate surface area is 275 Å². The highest BCUT2D eigenvalue weighted by molar-refractivity contribution is 7.09. The van der Waals surface area contributed by atoms with Crippen molar-refractivity contribution in [3.8, 4) is 5.75 Å². The summed E-state index contributed by atoms with van der Waals surface area (Å²) in [6.07, 6.45) is 18.1. The van der Waals surface area contributed by atoms with Gasteiger partial charge in [-0.15, -0.1) is 0 Å². The zero-order chi connectivity index (χ0) is 30.2. The molecule has 2 N–H and O–H groups in total. The standard InChI is InChI=1S/C36H53N3O2S.BrH/c1-6-7-8-9-10-11-12-13-14-15-16-17-24-41-34-25-32(22-23-33(34)36(3,4)5)38-35(40)37-31-20-18-30(19-21-31)27-39-26-29(2)42-28-39;/h18-23,25-26,28H,6-17,24,27H2,1-5H3,(H-,37,38,40);1H. The second-order valence-corrected chi connectivity index (χ2v) is 13.7. The van der Waals surface area contributed by atoms with Crippen LogP contribution in [-0.2, 0) is 12.0 Å². The third kappa shape index (κ3) is 14.3. The molecule has 1 aromatic heterocycles. The maximum Gasteiger partial charge on any atom is 0.323 e. The van der Waals surface area contributed by atoms with E-state index in [9.17, 15) is 4.79 Å². The Hall–Kier alpha value is -2.38. The third-order valence-corrected chi connectivity index (χ3v) is 8.45. The molecule has 0 fully saturated rings. The molecule has 1 heterocycles. The van der Waals surface area contributed by atoms with Crippen molar-refractivity contribution >= 4 is 28.7 Å². The number of aromatic nitrogens is 1. The van der Waals surface area contributed by atoms with Crippen molar-refractivity contribution in [3.05, 3.63) is 70.2 Å². The summed E-state index contributed by atoms with van der Waals surface area (Å²) in [5.41, 5.74) is 5.91. The average Bonchev–Trinajstić information content (AvgIpc) is 3.36. The number of ether oxygens (including phenoxy) is 1. The molecule has 0 aliphatic heterocycles. The predicted octanol–water partition coefficient (Wildman–Crippen LogP) is 7.42. The van der Waals surface area contributed by atoms with E-state index in [0.717, 1.165) is 35.7 Å². The number of nitrogens with one attached hydrogen (secondary N) is 2. The van der Waals surface area contributed by atoms with Crippen LogP contribution in [0.25, 0.3) is 0 Å². The van der Waals surface area contributed by atoms with Crippen LogP contribution in [0.2, 0.25) is 0 Å². The lowest BCUT2D eigenvalue weighted by molar-refractivity contribution is -0.683. The van der Waals surface area contributed by atoms with E-state index in [0.29, 0.717) is 6.61 Å². The summed E-state index contributed by atoms with van der Waals surface area (Å²) in [5.74, 6) is 0.855. The highest BCUT2D eigenvalue weighted by atomic mass is 79.9. The van der Waals surface area contributed by atoms with Crippen LogP contribution in [-0.4, -0.2) is 12.6 Å². The molecule has 0 bridgehead atoms. The number of thiazole rings is 1. The van der Waals surface area contributed by atoms with E-state index in [2.05, 4.69) is 79.7 Å². The minimum absolute atomic E-state index is 0. The maximum atomic E-state index is 12.8. The molecule has 2 aromatic carbocycles. The zero-order valence-corrected chi connectivity index (χ0v) is 29.5. The van der Waals surface area contributed by atoms with Gasteiger partial charge in [0, 0.05) is 23.0 Å². The molecule has 0 unspecified atom stereocenters. The van der Waals surface area contributed by atoms with E-state index >= 15 is 0 Å². The highest BCUT2D eigenvalue weighted by Crippen LogP contribution is 2.34. The molecule has 0 atom stereocenters. The van der Waals surface area contributed by atoms with E-state index in [1.807, 2.05) is 24.3 Å². The lowest BCUT2D eigenvalue weighted by Crippen LogP contribution is -3.00. The van der Waals surface area contributed by atoms with Crippen molar-refractivity contribution < 1.29 is 31.1 Å². The molecule has 238 valence electrons. The lowest BCUT2D eigenvalue weighted by Gasteiger charge is -2.23. The summed E-state index contributed by atoms with van der Waals surface area (Å²) in [5, 5.41) is 5.93. The van der Waals surface area contributed by atoms with Gasteiger partial charge in [0.05, 0.1) is 11.5 Å². The van der Waals surface area contributed by atoms with Crippen LogP contribution >= 0.6 is 11.3 Å². The van der Waals surface area contributed by atoms with Gasteiger partial charge in [0.1, 0.15) is 5.75 Å². The first kappa shape index (κ1) is 36.8. The number of halogens is 1. The number of anilines is 2. The Morgan fingerprint density at radius 2 is 1.37 bits per heavy atom. The van der Waals surface area contributed by atoms with E-state index in [-0.39, 0.29) is 28.4 Å². The van der Waals surface area contributed by atoms with Crippen LogP contribution in [0.5, 0.6) is 5.75 Å². The summed E-state index contributed by atoms with van der Waals surface area (Å²) >= 11 is 1.74. The number of aryl methyl sites for hydroxylation is 1. The molecule has 43 heavy (non-hydrogen) atoms. The Kier molecular flexibility index (Phi) is 17.0. The molecule has 3 rings (SSSR count). The first-order chi connectivity index (χ1) is 20.2. The number of carbonyl (C=O) groups excluding carboxylic acids is 1. The highest BCUT2D eigenvalue weighted by Gasteiger charge is 2.20. The first-order valence-electron chi connectivity index (χ1n) is 16.1. The third-order valence-electron chi connectivity index (χ3n) is 7.60. The van der Waals surface area contributed by atoms with Crippen LogP contribution in [0.4, 0.5) is 16.2 Å². The molecule has 0 aliphatic carbocycles. The molecule has 0 spiro atoms. The molecule has 5 nitrogen and oxygen atoms in total. The molecule has 7 heteroatoms. The van der Waals surface area contributed by atoms with Crippen LogP contribution in [0, 0.1) is 6.92 Å². The number of hydrogen-bond acceptors (Lipinski definition) is 3. The molecule has 2 amide bonds. The average molecular weight is 673 g/mol. The molecular formula is C36H54BrN3O2S. The predicted molar refractivity (Wildman–Crippen MR) is 179 cm³/mol. The monoisotopic (exact) mass is 671 g/mol. The number of carbonyl (C=O) groups is 1. The molecule has 0 aliphatic rings. The fraction of sp³-hybridized carbons (Fsp3) is 0.556. The van der Waals surface area contributed by atoms with Crippen LogP contribution in [0.3, 0.4) is 0 Å². The second-order valence-electron chi connectivity index (χ2n) is 12.6. The minimum Gasteiger partial charge on any atom is -1.00 e. The Balaban J connectivity index is 0.00000645. The number of nitrogens with zero attached hydrogens (tertiary/aromatic N) is 1. The Bertz CT molecular complexity index is 1200. The summed E-state index contributed by atoms with van der Waals surface area (Å²) < 4.78 is 8.46. The molecule has 0 saturated carbocycles. The van der Waals surface area contributed by atoms with Crippen molar-refractivity contribution in [1.29, 1.82) is 0 Å². The Morgan fingerprint density at radius 1 is 0.814 bits per heavy atom. The molecule has 0 radical (unpaired) electrons. The number of benzene rings is 2. The van der Waals surface area contributed by atoms with Crippen molar-refractivity contribution in [1.82, 2.24) is 0 Å². The van der Waals surface area contributed by atoms with Gasteiger partial charge < -0.3 is 32.4 Å². The number of unbranched alkanes of at least 4 members (excludes halogenated alkanes) is 11. The van der Waals surface area contributed by atoms with Gasteiger partial charge >= 0.3 is 6.03 Å². The quantitative estimate of drug-likeness (QED) is 0.109. The van der Waals surface area contributed by atoms with Gasteiger partial charge in [-0.2, -0.15) is 4.57 Å². The van der Waals surface area contributed by atoms with Crippen molar-refractivity contribution in [2.75, 3.05) is 17.2 Å². The van der Waals surface area contributed by atoms with E-state index in [4.69, 9.17) is 4.74 Å². The number of urea groups is 1. The summed E-state index contributed by atoms with van der Waals surface area (Å²) in [7, 11) is 0. The summed E-state index contributed by atoms with van der Waals surface area (Å²) in [4.78, 5) is 14.1. The van der Waals surface area contributed by atoms with Crippen molar-refractivity contribution in [2.45, 2.75) is 124 Å². The molecule has 0 saturated heterocycles. The van der Waals surface area contributed by atoms with Crippen LogP contribution in [0.1, 0.15) is 121 Å². The van der Waals surface area contributed by atoms with Crippen LogP contribution < -0.4 is 36.9 Å². The molecule has 3 aromatic rings. The topological polar surface area (TPSA) is 54.2 Å². The first-order valence-corrected chi connectivity index (χ1v) is 17.0. The fourth-order valence-electron chi connectivity index (χ4n) is 5.19. The number of amides is 2.